The van der Waals surface area contributed by atoms with Gasteiger partial charge < -0.3 is 5.32 Å². The Morgan fingerprint density at radius 3 is 2.54 bits per heavy atom. The van der Waals surface area contributed by atoms with Crippen molar-refractivity contribution in [1.82, 2.24) is 9.13 Å². The highest BCUT2D eigenvalue weighted by Gasteiger charge is 2.14. The number of rotatable bonds is 4. The number of para-hydroxylation sites is 1. The molecule has 134 valence electrons. The van der Waals surface area contributed by atoms with Gasteiger partial charge in [-0.15, -0.1) is 0 Å². The van der Waals surface area contributed by atoms with Gasteiger partial charge in [0.15, 0.2) is 0 Å². The van der Waals surface area contributed by atoms with Crippen molar-refractivity contribution in [3.05, 3.63) is 73.9 Å². The molecule has 7 heteroatoms. The van der Waals surface area contributed by atoms with Gasteiger partial charge in [0.05, 0.1) is 10.9 Å². The zero-order valence-electron chi connectivity index (χ0n) is 14.5. The molecule has 1 N–H and O–H groups in total. The monoisotopic (exact) mass is 371 g/mol. The number of amides is 1. The number of anilines is 1. The summed E-state index contributed by atoms with van der Waals surface area (Å²) in [5, 5.41) is 3.77. The van der Waals surface area contributed by atoms with Crippen LogP contribution in [0.25, 0.3) is 10.9 Å². The number of benzene rings is 2. The largest absolute Gasteiger partial charge is 0.331 e. The molecule has 0 unspecified atom stereocenters. The zero-order chi connectivity index (χ0) is 18.8. The Morgan fingerprint density at radius 1 is 1.12 bits per heavy atom. The van der Waals surface area contributed by atoms with Crippen LogP contribution in [0.15, 0.2) is 52.1 Å². The molecule has 2 aromatic carbocycles. The number of aromatic nitrogens is 2. The van der Waals surface area contributed by atoms with Gasteiger partial charge >= 0.3 is 5.69 Å². The lowest BCUT2D eigenvalue weighted by Gasteiger charge is -2.14. The average molecular weight is 372 g/mol. The van der Waals surface area contributed by atoms with E-state index < -0.39 is 5.69 Å². The van der Waals surface area contributed by atoms with Crippen molar-refractivity contribution in [2.45, 2.75) is 26.9 Å². The van der Waals surface area contributed by atoms with Crippen LogP contribution in [0.1, 0.15) is 12.5 Å². The van der Waals surface area contributed by atoms with Crippen LogP contribution in [0.3, 0.4) is 0 Å². The molecule has 1 aromatic heterocycles. The molecule has 0 saturated heterocycles. The summed E-state index contributed by atoms with van der Waals surface area (Å²) in [7, 11) is 0. The van der Waals surface area contributed by atoms with Gasteiger partial charge in [-0.05, 0) is 49.7 Å². The molecule has 6 nitrogen and oxygen atoms in total. The van der Waals surface area contributed by atoms with Crippen LogP contribution < -0.4 is 16.6 Å². The van der Waals surface area contributed by atoms with Crippen LogP contribution in [0.5, 0.6) is 0 Å². The first-order chi connectivity index (χ1) is 12.4. The third-order valence-electron chi connectivity index (χ3n) is 4.21. The molecule has 0 radical (unpaired) electrons. The highest BCUT2D eigenvalue weighted by molar-refractivity contribution is 6.30. The van der Waals surface area contributed by atoms with Crippen molar-refractivity contribution in [2.24, 2.45) is 0 Å². The van der Waals surface area contributed by atoms with Gasteiger partial charge in [-0.2, -0.15) is 0 Å². The number of carbonyl (C=O) groups is 1. The Balaban J connectivity index is 2.02. The Morgan fingerprint density at radius 2 is 1.85 bits per heavy atom. The highest BCUT2D eigenvalue weighted by Crippen LogP contribution is 2.19. The zero-order valence-corrected chi connectivity index (χ0v) is 15.2. The highest BCUT2D eigenvalue weighted by atomic mass is 35.5. The fraction of sp³-hybridized carbons (Fsp3) is 0.211. The average Bonchev–Trinajstić information content (AvgIpc) is 2.61. The summed E-state index contributed by atoms with van der Waals surface area (Å²) in [5.41, 5.74) is 1.04. The maximum absolute atomic E-state index is 12.7. The minimum atomic E-state index is -0.501. The summed E-state index contributed by atoms with van der Waals surface area (Å²) in [6, 6.07) is 11.9. The van der Waals surface area contributed by atoms with Crippen molar-refractivity contribution >= 4 is 34.1 Å². The van der Waals surface area contributed by atoms with Crippen LogP contribution >= 0.6 is 11.6 Å². The minimum Gasteiger partial charge on any atom is -0.324 e. The summed E-state index contributed by atoms with van der Waals surface area (Å²) >= 11 is 5.93. The first-order valence-corrected chi connectivity index (χ1v) is 8.58. The second-order valence-corrected chi connectivity index (χ2v) is 6.38. The summed E-state index contributed by atoms with van der Waals surface area (Å²) in [4.78, 5) is 37.6. The van der Waals surface area contributed by atoms with Gasteiger partial charge in [-0.3, -0.25) is 18.7 Å². The molecular weight excluding hydrogens is 354 g/mol. The van der Waals surface area contributed by atoms with E-state index in [0.29, 0.717) is 21.6 Å². The van der Waals surface area contributed by atoms with E-state index in [0.717, 1.165) is 10.1 Å². The summed E-state index contributed by atoms with van der Waals surface area (Å²) in [6.45, 7) is 3.60. The van der Waals surface area contributed by atoms with E-state index >= 15 is 0 Å². The lowest BCUT2D eigenvalue weighted by atomic mass is 10.2. The number of nitrogens with zero attached hydrogens (tertiary/aromatic N) is 2. The molecule has 26 heavy (non-hydrogen) atoms. The maximum atomic E-state index is 12.7. The van der Waals surface area contributed by atoms with E-state index in [1.165, 1.54) is 4.57 Å². The van der Waals surface area contributed by atoms with Crippen molar-refractivity contribution in [1.29, 1.82) is 0 Å². The number of hydrogen-bond acceptors (Lipinski definition) is 3. The number of fused-ring (bicyclic) bond motifs is 1. The fourth-order valence-corrected chi connectivity index (χ4v) is 3.13. The molecule has 0 spiro atoms. The Hall–Kier alpha value is -2.86. The molecule has 0 fully saturated rings. The van der Waals surface area contributed by atoms with E-state index in [2.05, 4.69) is 5.32 Å². The summed E-state index contributed by atoms with van der Waals surface area (Å²) in [5.74, 6) is -0.357. The van der Waals surface area contributed by atoms with Crippen LogP contribution in [-0.4, -0.2) is 15.0 Å². The molecule has 1 heterocycles. The van der Waals surface area contributed by atoms with E-state index in [4.69, 9.17) is 11.6 Å². The number of nitrogens with one attached hydrogen (secondary N) is 1. The van der Waals surface area contributed by atoms with Crippen LogP contribution in [0, 0.1) is 6.92 Å². The van der Waals surface area contributed by atoms with Crippen molar-refractivity contribution in [3.8, 4) is 0 Å². The Labute approximate surface area is 154 Å². The number of hydrogen-bond donors (Lipinski definition) is 1. The smallest absolute Gasteiger partial charge is 0.324 e. The number of carbonyl (C=O) groups excluding carboxylic acids is 1. The number of aryl methyl sites for hydroxylation is 1. The molecule has 0 saturated carbocycles. The van der Waals surface area contributed by atoms with Crippen molar-refractivity contribution < 1.29 is 4.79 Å². The molecular formula is C19H18ClN3O3. The first kappa shape index (κ1) is 17.9. The molecule has 0 aliphatic carbocycles. The second-order valence-electron chi connectivity index (χ2n) is 5.94. The van der Waals surface area contributed by atoms with E-state index in [1.54, 1.807) is 49.4 Å². The Bertz CT molecular complexity index is 1120. The second kappa shape index (κ2) is 7.17. The lowest BCUT2D eigenvalue weighted by molar-refractivity contribution is -0.116. The topological polar surface area (TPSA) is 73.1 Å². The predicted molar refractivity (Wildman–Crippen MR) is 103 cm³/mol. The molecule has 0 bridgehead atoms. The van der Waals surface area contributed by atoms with Gasteiger partial charge in [0, 0.05) is 17.3 Å². The van der Waals surface area contributed by atoms with Crippen molar-refractivity contribution in [2.75, 3.05) is 5.32 Å². The summed E-state index contributed by atoms with van der Waals surface area (Å²) < 4.78 is 2.45. The minimum absolute atomic E-state index is 0.193. The van der Waals surface area contributed by atoms with Gasteiger partial charge in [0.2, 0.25) is 5.91 Å². The van der Waals surface area contributed by atoms with Gasteiger partial charge in [-0.25, -0.2) is 4.79 Å². The van der Waals surface area contributed by atoms with E-state index in [-0.39, 0.29) is 24.6 Å². The van der Waals surface area contributed by atoms with Crippen LogP contribution in [0.2, 0.25) is 5.02 Å². The standard InChI is InChI=1S/C19H18ClN3O3/c1-3-22-18(25)14-6-4-5-7-16(14)23(19(22)26)11-17(24)21-15-9-8-13(20)10-12(15)2/h4-10H,3,11H2,1-2H3,(H,21,24). The van der Waals surface area contributed by atoms with E-state index in [1.807, 2.05) is 6.92 Å². The van der Waals surface area contributed by atoms with Gasteiger partial charge in [0.1, 0.15) is 6.54 Å². The summed E-state index contributed by atoms with van der Waals surface area (Å²) in [6.07, 6.45) is 0. The molecule has 3 rings (SSSR count). The van der Waals surface area contributed by atoms with E-state index in [9.17, 15) is 14.4 Å². The Kier molecular flexibility index (Phi) is 4.95. The lowest BCUT2D eigenvalue weighted by Crippen LogP contribution is -2.41. The van der Waals surface area contributed by atoms with Gasteiger partial charge in [0.25, 0.3) is 5.56 Å². The molecule has 0 aliphatic heterocycles. The normalized spacial score (nSPS) is 10.9. The fourth-order valence-electron chi connectivity index (χ4n) is 2.90. The SMILES string of the molecule is CCn1c(=O)c2ccccc2n(CC(=O)Nc2ccc(Cl)cc2C)c1=O. The maximum Gasteiger partial charge on any atom is 0.331 e. The third kappa shape index (κ3) is 3.28. The first-order valence-electron chi connectivity index (χ1n) is 8.20. The van der Waals surface area contributed by atoms with Crippen molar-refractivity contribution in [3.63, 3.8) is 0 Å². The quantitative estimate of drug-likeness (QED) is 0.766. The molecule has 3 aromatic rings. The molecule has 0 aliphatic rings. The predicted octanol–water partition coefficient (Wildman–Crippen LogP) is 2.78. The molecule has 0 atom stereocenters. The third-order valence-corrected chi connectivity index (χ3v) is 4.45. The van der Waals surface area contributed by atoms with Crippen LogP contribution in [0.4, 0.5) is 5.69 Å². The number of halogens is 1. The van der Waals surface area contributed by atoms with Gasteiger partial charge in [-0.1, -0.05) is 23.7 Å². The molecule has 1 amide bonds. The van der Waals surface area contributed by atoms with Crippen LogP contribution in [-0.2, 0) is 17.9 Å².